The highest BCUT2D eigenvalue weighted by molar-refractivity contribution is 9.10. The van der Waals surface area contributed by atoms with Crippen LogP contribution < -0.4 is 10.5 Å². The number of nitrogens with two attached hydrogens (primary N) is 1. The van der Waals surface area contributed by atoms with Crippen molar-refractivity contribution < 1.29 is 13.9 Å². The summed E-state index contributed by atoms with van der Waals surface area (Å²) in [6.45, 7) is 0. The van der Waals surface area contributed by atoms with Crippen molar-refractivity contribution in [2.75, 3.05) is 7.11 Å². The van der Waals surface area contributed by atoms with Crippen LogP contribution in [0.3, 0.4) is 0 Å². The average Bonchev–Trinajstić information content (AvgIpc) is 3.08. The van der Waals surface area contributed by atoms with Crippen molar-refractivity contribution in [3.05, 3.63) is 58.6 Å². The minimum atomic E-state index is -0.636. The van der Waals surface area contributed by atoms with Gasteiger partial charge < -0.3 is 14.9 Å². The van der Waals surface area contributed by atoms with Gasteiger partial charge in [-0.15, -0.1) is 10.2 Å². The van der Waals surface area contributed by atoms with Crippen molar-refractivity contribution in [3.8, 4) is 17.2 Å². The van der Waals surface area contributed by atoms with Crippen LogP contribution in [0, 0.1) is 0 Å². The fourth-order valence-electron chi connectivity index (χ4n) is 2.25. The topological polar surface area (TPSA) is 91.2 Å². The van der Waals surface area contributed by atoms with Crippen molar-refractivity contribution in [3.63, 3.8) is 0 Å². The SMILES string of the molecule is COc1ccccc1-c1nnc(SC(C(N)=O)c2cccc(Br)c2)o1. The number of carbonyl (C=O) groups excluding carboxylic acids is 1. The molecule has 0 saturated heterocycles. The number of thioether (sulfide) groups is 1. The molecule has 1 aromatic heterocycles. The molecule has 0 saturated carbocycles. The lowest BCUT2D eigenvalue weighted by molar-refractivity contribution is -0.117. The number of para-hydroxylation sites is 1. The van der Waals surface area contributed by atoms with Crippen LogP contribution in [0.5, 0.6) is 5.75 Å². The Balaban J connectivity index is 1.87. The molecule has 1 heterocycles. The van der Waals surface area contributed by atoms with Crippen LogP contribution >= 0.6 is 27.7 Å². The Bertz CT molecular complexity index is 900. The molecular weight excluding hydrogens is 406 g/mol. The van der Waals surface area contributed by atoms with Crippen molar-refractivity contribution >= 4 is 33.6 Å². The number of halogens is 1. The number of hydrogen-bond acceptors (Lipinski definition) is 6. The maximum Gasteiger partial charge on any atom is 0.277 e. The second kappa shape index (κ2) is 7.71. The fraction of sp³-hybridized carbons (Fsp3) is 0.118. The average molecular weight is 420 g/mol. The molecule has 0 aliphatic rings. The minimum Gasteiger partial charge on any atom is -0.496 e. The lowest BCUT2D eigenvalue weighted by atomic mass is 10.1. The van der Waals surface area contributed by atoms with E-state index in [1.165, 1.54) is 0 Å². The smallest absolute Gasteiger partial charge is 0.277 e. The first kappa shape index (κ1) is 17.5. The van der Waals surface area contributed by atoms with Gasteiger partial charge in [0.15, 0.2) is 0 Å². The summed E-state index contributed by atoms with van der Waals surface area (Å²) >= 11 is 4.50. The van der Waals surface area contributed by atoms with Crippen LogP contribution in [0.1, 0.15) is 10.8 Å². The largest absolute Gasteiger partial charge is 0.496 e. The maximum absolute atomic E-state index is 11.9. The summed E-state index contributed by atoms with van der Waals surface area (Å²) in [7, 11) is 1.57. The van der Waals surface area contributed by atoms with Crippen molar-refractivity contribution in [2.24, 2.45) is 5.73 Å². The lowest BCUT2D eigenvalue weighted by Crippen LogP contribution is -2.18. The monoisotopic (exact) mass is 419 g/mol. The number of amides is 1. The van der Waals surface area contributed by atoms with E-state index in [0.717, 1.165) is 21.8 Å². The highest BCUT2D eigenvalue weighted by Gasteiger charge is 2.23. The predicted octanol–water partition coefficient (Wildman–Crippen LogP) is 3.83. The first-order chi connectivity index (χ1) is 12.1. The van der Waals surface area contributed by atoms with Gasteiger partial charge in [0.1, 0.15) is 11.0 Å². The molecule has 6 nitrogen and oxygen atoms in total. The molecule has 8 heteroatoms. The van der Waals surface area contributed by atoms with Gasteiger partial charge in [0.2, 0.25) is 5.91 Å². The Labute approximate surface area is 156 Å². The Morgan fingerprint density at radius 1 is 1.24 bits per heavy atom. The molecule has 0 radical (unpaired) electrons. The van der Waals surface area contributed by atoms with Gasteiger partial charge in [-0.3, -0.25) is 4.79 Å². The van der Waals surface area contributed by atoms with E-state index in [9.17, 15) is 4.79 Å². The van der Waals surface area contributed by atoms with Gasteiger partial charge in [-0.1, -0.05) is 40.2 Å². The molecule has 25 heavy (non-hydrogen) atoms. The molecule has 2 aromatic carbocycles. The van der Waals surface area contributed by atoms with Crippen LogP contribution in [0.4, 0.5) is 0 Å². The zero-order chi connectivity index (χ0) is 17.8. The van der Waals surface area contributed by atoms with E-state index < -0.39 is 11.2 Å². The van der Waals surface area contributed by atoms with Crippen LogP contribution in [-0.2, 0) is 4.79 Å². The van der Waals surface area contributed by atoms with Crippen molar-refractivity contribution in [1.82, 2.24) is 10.2 Å². The van der Waals surface area contributed by atoms with E-state index in [0.29, 0.717) is 17.2 Å². The van der Waals surface area contributed by atoms with Crippen LogP contribution in [0.2, 0.25) is 0 Å². The van der Waals surface area contributed by atoms with E-state index in [1.54, 1.807) is 13.2 Å². The van der Waals surface area contributed by atoms with Crippen LogP contribution in [-0.4, -0.2) is 23.2 Å². The van der Waals surface area contributed by atoms with Crippen molar-refractivity contribution in [2.45, 2.75) is 10.5 Å². The molecule has 1 amide bonds. The quantitative estimate of drug-likeness (QED) is 0.610. The number of carbonyl (C=O) groups is 1. The van der Waals surface area contributed by atoms with E-state index in [2.05, 4.69) is 26.1 Å². The Hall–Kier alpha value is -2.32. The van der Waals surface area contributed by atoms with Gasteiger partial charge in [-0.25, -0.2) is 0 Å². The second-order valence-electron chi connectivity index (χ2n) is 5.03. The third kappa shape index (κ3) is 4.02. The third-order valence-electron chi connectivity index (χ3n) is 3.37. The van der Waals surface area contributed by atoms with Gasteiger partial charge in [-0.05, 0) is 41.6 Å². The van der Waals surface area contributed by atoms with Crippen molar-refractivity contribution in [1.29, 1.82) is 0 Å². The number of methoxy groups -OCH3 is 1. The Kier molecular flexibility index (Phi) is 5.40. The molecule has 1 atom stereocenters. The van der Waals surface area contributed by atoms with Gasteiger partial charge in [0.05, 0.1) is 12.7 Å². The summed E-state index contributed by atoms with van der Waals surface area (Å²) in [5, 5.41) is 7.67. The second-order valence-corrected chi connectivity index (χ2v) is 7.00. The van der Waals surface area contributed by atoms with Gasteiger partial charge >= 0.3 is 0 Å². The summed E-state index contributed by atoms with van der Waals surface area (Å²) < 4.78 is 11.8. The van der Waals surface area contributed by atoms with Gasteiger partial charge in [0, 0.05) is 4.47 Å². The molecule has 1 unspecified atom stereocenters. The number of rotatable bonds is 6. The van der Waals surface area contributed by atoms with E-state index in [1.807, 2.05) is 42.5 Å². The molecule has 0 aliphatic heterocycles. The fourth-order valence-corrected chi connectivity index (χ4v) is 3.48. The number of ether oxygens (including phenoxy) is 1. The number of aromatic nitrogens is 2. The zero-order valence-electron chi connectivity index (χ0n) is 13.2. The molecule has 128 valence electrons. The summed E-state index contributed by atoms with van der Waals surface area (Å²) in [6.07, 6.45) is 0. The number of hydrogen-bond donors (Lipinski definition) is 1. The number of nitrogens with zero attached hydrogens (tertiary/aromatic N) is 2. The van der Waals surface area contributed by atoms with E-state index in [4.69, 9.17) is 14.9 Å². The molecule has 3 aromatic rings. The number of benzene rings is 2. The van der Waals surface area contributed by atoms with Crippen LogP contribution in [0.15, 0.2) is 62.6 Å². The molecule has 3 rings (SSSR count). The highest BCUT2D eigenvalue weighted by Crippen LogP contribution is 2.37. The zero-order valence-corrected chi connectivity index (χ0v) is 15.6. The normalized spacial score (nSPS) is 11.9. The predicted molar refractivity (Wildman–Crippen MR) is 98.2 cm³/mol. The third-order valence-corrected chi connectivity index (χ3v) is 4.97. The molecule has 2 N–H and O–H groups in total. The van der Waals surface area contributed by atoms with Gasteiger partial charge in [-0.2, -0.15) is 0 Å². The minimum absolute atomic E-state index is 0.254. The van der Waals surface area contributed by atoms with E-state index >= 15 is 0 Å². The molecular formula is C17H14BrN3O3S. The first-order valence-corrected chi connectivity index (χ1v) is 8.94. The molecule has 0 fully saturated rings. The molecule has 0 spiro atoms. The summed E-state index contributed by atoms with van der Waals surface area (Å²) in [5.74, 6) is 0.457. The summed E-state index contributed by atoms with van der Waals surface area (Å²) in [6, 6.07) is 14.7. The summed E-state index contributed by atoms with van der Waals surface area (Å²) in [4.78, 5) is 11.9. The number of primary amides is 1. The summed E-state index contributed by atoms with van der Waals surface area (Å²) in [5.41, 5.74) is 6.98. The Morgan fingerprint density at radius 2 is 2.04 bits per heavy atom. The van der Waals surface area contributed by atoms with Crippen LogP contribution in [0.25, 0.3) is 11.5 Å². The Morgan fingerprint density at radius 3 is 2.76 bits per heavy atom. The highest BCUT2D eigenvalue weighted by atomic mass is 79.9. The van der Waals surface area contributed by atoms with Gasteiger partial charge in [0.25, 0.3) is 11.1 Å². The lowest BCUT2D eigenvalue weighted by Gasteiger charge is -2.11. The van der Waals surface area contributed by atoms with E-state index in [-0.39, 0.29) is 5.22 Å². The molecule has 0 aliphatic carbocycles. The first-order valence-electron chi connectivity index (χ1n) is 7.27. The maximum atomic E-state index is 11.9. The standard InChI is InChI=1S/C17H14BrN3O3S/c1-23-13-8-3-2-7-12(13)16-20-21-17(24-16)25-14(15(19)22)10-5-4-6-11(18)9-10/h2-9,14H,1H3,(H2,19,22). The molecule has 0 bridgehead atoms.